The number of rotatable bonds is 1. The Bertz CT molecular complexity index is 590. The van der Waals surface area contributed by atoms with E-state index in [1.165, 1.54) is 18.2 Å². The van der Waals surface area contributed by atoms with Crippen LogP contribution in [0.3, 0.4) is 0 Å². The van der Waals surface area contributed by atoms with Gasteiger partial charge in [0.2, 0.25) is 0 Å². The van der Waals surface area contributed by atoms with E-state index in [1.807, 2.05) is 0 Å². The molecule has 2 N–H and O–H groups in total. The molecular formula is C7H5ClN2O3S. The number of fused-ring (bicyclic) bond motifs is 1. The Balaban J connectivity index is 2.74. The first-order valence-corrected chi connectivity index (χ1v) is 5.88. The molecule has 14 heavy (non-hydrogen) atoms. The van der Waals surface area contributed by atoms with Crippen molar-refractivity contribution in [1.82, 2.24) is 4.98 Å². The van der Waals surface area contributed by atoms with Crippen LogP contribution < -0.4 is 5.73 Å². The van der Waals surface area contributed by atoms with Crippen LogP contribution in [0, 0.1) is 0 Å². The lowest BCUT2D eigenvalue weighted by atomic mass is 10.3. The summed E-state index contributed by atoms with van der Waals surface area (Å²) < 4.78 is 26.9. The van der Waals surface area contributed by atoms with Gasteiger partial charge < -0.3 is 10.2 Å². The number of nitrogen functional groups attached to an aromatic ring is 1. The van der Waals surface area contributed by atoms with Crippen molar-refractivity contribution in [2.45, 2.75) is 4.90 Å². The second kappa shape index (κ2) is 2.86. The summed E-state index contributed by atoms with van der Waals surface area (Å²) in [5.41, 5.74) is 6.08. The minimum Gasteiger partial charge on any atom is -0.424 e. The van der Waals surface area contributed by atoms with Crippen molar-refractivity contribution in [2.24, 2.45) is 0 Å². The maximum absolute atomic E-state index is 11.0. The Labute approximate surface area is 83.9 Å². The SMILES string of the molecule is Nc1nc2cc(S(=O)(=O)Cl)ccc2o1. The normalized spacial score (nSPS) is 12.1. The first kappa shape index (κ1) is 9.29. The largest absolute Gasteiger partial charge is 0.424 e. The van der Waals surface area contributed by atoms with E-state index in [0.29, 0.717) is 11.1 Å². The van der Waals surface area contributed by atoms with E-state index >= 15 is 0 Å². The highest BCUT2D eigenvalue weighted by Crippen LogP contribution is 2.22. The fraction of sp³-hybridized carbons (Fsp3) is 0. The summed E-state index contributed by atoms with van der Waals surface area (Å²) in [6, 6.07) is 4.07. The van der Waals surface area contributed by atoms with E-state index in [1.54, 1.807) is 0 Å². The Morgan fingerprint density at radius 3 is 2.79 bits per heavy atom. The Kier molecular flexibility index (Phi) is 1.90. The van der Waals surface area contributed by atoms with Crippen LogP contribution in [0.4, 0.5) is 6.01 Å². The van der Waals surface area contributed by atoms with Gasteiger partial charge in [-0.05, 0) is 18.2 Å². The van der Waals surface area contributed by atoms with Crippen LogP contribution in [-0.2, 0) is 9.05 Å². The highest BCUT2D eigenvalue weighted by Gasteiger charge is 2.12. The van der Waals surface area contributed by atoms with Gasteiger partial charge in [-0.15, -0.1) is 0 Å². The van der Waals surface area contributed by atoms with Gasteiger partial charge in [-0.2, -0.15) is 4.98 Å². The highest BCUT2D eigenvalue weighted by atomic mass is 35.7. The summed E-state index contributed by atoms with van der Waals surface area (Å²) in [6.45, 7) is 0. The maximum Gasteiger partial charge on any atom is 0.292 e. The molecule has 2 aromatic rings. The van der Waals surface area contributed by atoms with Crippen molar-refractivity contribution < 1.29 is 12.8 Å². The average molecular weight is 233 g/mol. The van der Waals surface area contributed by atoms with Crippen molar-refractivity contribution in [3.63, 3.8) is 0 Å². The Hall–Kier alpha value is -1.27. The smallest absolute Gasteiger partial charge is 0.292 e. The maximum atomic E-state index is 11.0. The summed E-state index contributed by atoms with van der Waals surface area (Å²) in [5.74, 6) is 0. The fourth-order valence-electron chi connectivity index (χ4n) is 1.08. The van der Waals surface area contributed by atoms with Crippen molar-refractivity contribution >= 4 is 36.8 Å². The van der Waals surface area contributed by atoms with Crippen LogP contribution in [0.2, 0.25) is 0 Å². The second-order valence-corrected chi connectivity index (χ2v) is 5.19. The molecule has 5 nitrogen and oxygen atoms in total. The van der Waals surface area contributed by atoms with Crippen LogP contribution in [0.1, 0.15) is 0 Å². The van der Waals surface area contributed by atoms with E-state index in [4.69, 9.17) is 20.8 Å². The molecule has 0 atom stereocenters. The molecule has 0 amide bonds. The number of oxazole rings is 1. The fourth-order valence-corrected chi connectivity index (χ4v) is 1.85. The summed E-state index contributed by atoms with van der Waals surface area (Å²) in [7, 11) is 1.41. The minimum absolute atomic E-state index is 0.0101. The van der Waals surface area contributed by atoms with Crippen LogP contribution >= 0.6 is 10.7 Å². The predicted octanol–water partition coefficient (Wildman–Crippen LogP) is 1.34. The van der Waals surface area contributed by atoms with E-state index in [2.05, 4.69) is 4.98 Å². The molecule has 0 aliphatic heterocycles. The summed E-state index contributed by atoms with van der Waals surface area (Å²) in [6.07, 6.45) is 0. The molecule has 0 bridgehead atoms. The lowest BCUT2D eigenvalue weighted by Gasteiger charge is -1.93. The molecule has 0 aliphatic carbocycles. The Morgan fingerprint density at radius 1 is 1.43 bits per heavy atom. The predicted molar refractivity (Wildman–Crippen MR) is 51.5 cm³/mol. The highest BCUT2D eigenvalue weighted by molar-refractivity contribution is 8.13. The zero-order chi connectivity index (χ0) is 10.3. The number of anilines is 1. The third-order valence-electron chi connectivity index (χ3n) is 1.66. The van der Waals surface area contributed by atoms with Crippen molar-refractivity contribution in [1.29, 1.82) is 0 Å². The van der Waals surface area contributed by atoms with Crippen molar-refractivity contribution in [3.8, 4) is 0 Å². The van der Waals surface area contributed by atoms with Crippen LogP contribution in [0.25, 0.3) is 11.1 Å². The molecule has 1 aromatic heterocycles. The molecule has 1 heterocycles. The molecule has 0 saturated heterocycles. The average Bonchev–Trinajstić information content (AvgIpc) is 2.41. The number of hydrogen-bond donors (Lipinski definition) is 1. The van der Waals surface area contributed by atoms with Gasteiger partial charge in [0.15, 0.2) is 5.58 Å². The van der Waals surface area contributed by atoms with E-state index < -0.39 is 9.05 Å². The number of nitrogens with zero attached hydrogens (tertiary/aromatic N) is 1. The standard InChI is InChI=1S/C7H5ClN2O3S/c8-14(11,12)4-1-2-6-5(3-4)10-7(9)13-6/h1-3H,(H2,9,10). The molecule has 0 fully saturated rings. The second-order valence-electron chi connectivity index (χ2n) is 2.62. The van der Waals surface area contributed by atoms with Gasteiger partial charge in [0.05, 0.1) is 4.90 Å². The number of benzene rings is 1. The molecule has 0 spiro atoms. The van der Waals surface area contributed by atoms with Gasteiger partial charge in [-0.1, -0.05) is 0 Å². The van der Waals surface area contributed by atoms with Crippen molar-refractivity contribution in [3.05, 3.63) is 18.2 Å². The molecule has 7 heteroatoms. The van der Waals surface area contributed by atoms with Crippen molar-refractivity contribution in [2.75, 3.05) is 5.73 Å². The molecule has 0 radical (unpaired) electrons. The van der Waals surface area contributed by atoms with Gasteiger partial charge in [0.1, 0.15) is 5.52 Å². The third kappa shape index (κ3) is 1.53. The zero-order valence-corrected chi connectivity index (χ0v) is 8.34. The number of nitrogens with two attached hydrogens (primary N) is 1. The summed E-state index contributed by atoms with van der Waals surface area (Å²) >= 11 is 0. The number of halogens is 1. The topological polar surface area (TPSA) is 86.2 Å². The minimum atomic E-state index is -3.74. The first-order chi connectivity index (χ1) is 6.47. The molecule has 0 unspecified atom stereocenters. The molecule has 2 rings (SSSR count). The van der Waals surface area contributed by atoms with Crippen LogP contribution in [-0.4, -0.2) is 13.4 Å². The molecule has 0 saturated carbocycles. The lowest BCUT2D eigenvalue weighted by molar-refractivity contribution is 0.609. The van der Waals surface area contributed by atoms with Gasteiger partial charge >= 0.3 is 0 Å². The van der Waals surface area contributed by atoms with E-state index in [9.17, 15) is 8.42 Å². The monoisotopic (exact) mass is 232 g/mol. The molecule has 1 aromatic carbocycles. The molecule has 74 valence electrons. The number of hydrogen-bond acceptors (Lipinski definition) is 5. The third-order valence-corrected chi connectivity index (χ3v) is 3.01. The molecular weight excluding hydrogens is 228 g/mol. The lowest BCUT2D eigenvalue weighted by Crippen LogP contribution is -1.89. The Morgan fingerprint density at radius 2 is 2.14 bits per heavy atom. The zero-order valence-electron chi connectivity index (χ0n) is 6.77. The van der Waals surface area contributed by atoms with E-state index in [-0.39, 0.29) is 10.9 Å². The van der Waals surface area contributed by atoms with Crippen LogP contribution in [0.15, 0.2) is 27.5 Å². The van der Waals surface area contributed by atoms with Gasteiger partial charge in [0.25, 0.3) is 15.1 Å². The van der Waals surface area contributed by atoms with Gasteiger partial charge in [-0.25, -0.2) is 8.42 Å². The van der Waals surface area contributed by atoms with Gasteiger partial charge in [-0.3, -0.25) is 0 Å². The van der Waals surface area contributed by atoms with E-state index in [0.717, 1.165) is 0 Å². The van der Waals surface area contributed by atoms with Gasteiger partial charge in [0, 0.05) is 10.7 Å². The first-order valence-electron chi connectivity index (χ1n) is 3.57. The quantitative estimate of drug-likeness (QED) is 0.750. The number of aromatic nitrogens is 1. The summed E-state index contributed by atoms with van der Waals surface area (Å²) in [5, 5.41) is 0. The molecule has 0 aliphatic rings. The van der Waals surface area contributed by atoms with Crippen LogP contribution in [0.5, 0.6) is 0 Å². The summed E-state index contributed by atoms with van der Waals surface area (Å²) in [4.78, 5) is 3.75.